The first-order chi connectivity index (χ1) is 6.06. The van der Waals surface area contributed by atoms with Gasteiger partial charge in [-0.15, -0.1) is 0 Å². The number of carbonyl (C=O) groups is 1. The van der Waals surface area contributed by atoms with Gasteiger partial charge in [0.2, 0.25) is 0 Å². The van der Waals surface area contributed by atoms with Crippen LogP contribution >= 0.6 is 15.9 Å². The van der Waals surface area contributed by atoms with Gasteiger partial charge in [-0.25, -0.2) is 4.39 Å². The summed E-state index contributed by atoms with van der Waals surface area (Å²) in [5.74, 6) is -1.02. The smallest absolute Gasteiger partial charge is 0.252 e. The molecular weight excluding hydrogens is 241 g/mol. The van der Waals surface area contributed by atoms with E-state index >= 15 is 0 Å². The van der Waals surface area contributed by atoms with Gasteiger partial charge in [0.25, 0.3) is 5.91 Å². The molecular formula is C8H7BrFNO2. The monoisotopic (exact) mass is 247 g/mol. The third-order valence-electron chi connectivity index (χ3n) is 1.48. The minimum absolute atomic E-state index is 0.0226. The highest BCUT2D eigenvalue weighted by atomic mass is 79.9. The molecule has 0 fully saturated rings. The normalized spacial score (nSPS) is 9.77. The van der Waals surface area contributed by atoms with Crippen molar-refractivity contribution in [3.8, 4) is 5.75 Å². The average molecular weight is 248 g/mol. The zero-order valence-corrected chi connectivity index (χ0v) is 8.39. The minimum Gasteiger partial charge on any atom is -0.495 e. The molecule has 3 nitrogen and oxygen atoms in total. The van der Waals surface area contributed by atoms with E-state index < -0.39 is 11.7 Å². The molecule has 0 unspecified atom stereocenters. The number of hydrogen-bond donors (Lipinski definition) is 1. The van der Waals surface area contributed by atoms with Gasteiger partial charge in [-0.2, -0.15) is 0 Å². The summed E-state index contributed by atoms with van der Waals surface area (Å²) < 4.78 is 18.1. The average Bonchev–Trinajstić information content (AvgIpc) is 2.02. The van der Waals surface area contributed by atoms with Crippen molar-refractivity contribution in [2.45, 2.75) is 0 Å². The maximum atomic E-state index is 12.8. The summed E-state index contributed by atoms with van der Waals surface area (Å²) in [5.41, 5.74) is 5.04. The number of benzene rings is 1. The Balaban J connectivity index is 3.38. The number of amides is 1. The number of halogens is 2. The van der Waals surface area contributed by atoms with E-state index in [0.717, 1.165) is 6.07 Å². The number of rotatable bonds is 2. The number of carbonyl (C=O) groups excluding carboxylic acids is 1. The molecule has 0 spiro atoms. The molecule has 0 aliphatic heterocycles. The predicted molar refractivity (Wildman–Crippen MR) is 49.2 cm³/mol. The number of primary amides is 1. The molecule has 0 bridgehead atoms. The van der Waals surface area contributed by atoms with Gasteiger partial charge in [0.05, 0.1) is 17.1 Å². The van der Waals surface area contributed by atoms with Crippen molar-refractivity contribution in [3.05, 3.63) is 28.0 Å². The molecule has 0 aliphatic rings. The number of methoxy groups -OCH3 is 1. The van der Waals surface area contributed by atoms with Crippen LogP contribution in [0.15, 0.2) is 16.6 Å². The van der Waals surface area contributed by atoms with Crippen molar-refractivity contribution in [1.82, 2.24) is 0 Å². The summed E-state index contributed by atoms with van der Waals surface area (Å²) in [5, 5.41) is 0. The van der Waals surface area contributed by atoms with Gasteiger partial charge in [-0.3, -0.25) is 4.79 Å². The molecule has 0 radical (unpaired) electrons. The Morgan fingerprint density at radius 1 is 1.62 bits per heavy atom. The summed E-state index contributed by atoms with van der Waals surface area (Å²) >= 11 is 3.05. The van der Waals surface area contributed by atoms with Crippen molar-refractivity contribution in [2.24, 2.45) is 5.73 Å². The first-order valence-corrected chi connectivity index (χ1v) is 4.18. The minimum atomic E-state index is -0.725. The summed E-state index contributed by atoms with van der Waals surface area (Å²) in [6, 6.07) is 2.23. The maximum absolute atomic E-state index is 12.8. The third-order valence-corrected chi connectivity index (χ3v) is 2.07. The Labute approximate surface area is 82.8 Å². The lowest BCUT2D eigenvalue weighted by Gasteiger charge is -2.07. The van der Waals surface area contributed by atoms with Crippen LogP contribution in [0.1, 0.15) is 10.4 Å². The second-order valence-electron chi connectivity index (χ2n) is 2.33. The second kappa shape index (κ2) is 3.74. The molecule has 1 aromatic carbocycles. The fourth-order valence-corrected chi connectivity index (χ4v) is 1.54. The molecule has 1 rings (SSSR count). The van der Waals surface area contributed by atoms with Gasteiger partial charge >= 0.3 is 0 Å². The molecule has 0 atom stereocenters. The Bertz CT molecular complexity index is 354. The maximum Gasteiger partial charge on any atom is 0.252 e. The van der Waals surface area contributed by atoms with Crippen LogP contribution < -0.4 is 10.5 Å². The fraction of sp³-hybridized carbons (Fsp3) is 0.125. The van der Waals surface area contributed by atoms with E-state index in [1.54, 1.807) is 0 Å². The van der Waals surface area contributed by atoms with Crippen LogP contribution in [0.5, 0.6) is 5.75 Å². The molecule has 1 amide bonds. The zero-order valence-electron chi connectivity index (χ0n) is 6.80. The van der Waals surface area contributed by atoms with Gasteiger partial charge in [0.1, 0.15) is 11.6 Å². The van der Waals surface area contributed by atoms with E-state index in [1.165, 1.54) is 13.2 Å². The van der Waals surface area contributed by atoms with E-state index in [1.807, 2.05) is 0 Å². The van der Waals surface area contributed by atoms with Gasteiger partial charge < -0.3 is 10.5 Å². The molecule has 0 saturated heterocycles. The van der Waals surface area contributed by atoms with Crippen LogP contribution in [0.4, 0.5) is 4.39 Å². The van der Waals surface area contributed by atoms with Gasteiger partial charge in [-0.1, -0.05) is 0 Å². The van der Waals surface area contributed by atoms with Gasteiger partial charge in [0.15, 0.2) is 0 Å². The Morgan fingerprint density at radius 2 is 2.23 bits per heavy atom. The van der Waals surface area contributed by atoms with Crippen LogP contribution in [0.2, 0.25) is 0 Å². The lowest BCUT2D eigenvalue weighted by atomic mass is 10.2. The molecule has 5 heteroatoms. The second-order valence-corrected chi connectivity index (χ2v) is 3.19. The highest BCUT2D eigenvalue weighted by molar-refractivity contribution is 9.10. The first kappa shape index (κ1) is 9.98. The molecule has 0 saturated carbocycles. The topological polar surface area (TPSA) is 52.3 Å². The molecule has 0 heterocycles. The van der Waals surface area contributed by atoms with Gasteiger partial charge in [-0.05, 0) is 28.1 Å². The van der Waals surface area contributed by atoms with E-state index in [9.17, 15) is 9.18 Å². The van der Waals surface area contributed by atoms with Crippen LogP contribution in [0, 0.1) is 5.82 Å². The Hall–Kier alpha value is -1.10. The van der Waals surface area contributed by atoms with Crippen molar-refractivity contribution < 1.29 is 13.9 Å². The highest BCUT2D eigenvalue weighted by Gasteiger charge is 2.13. The molecule has 0 aliphatic carbocycles. The SMILES string of the molecule is COc1c(Br)cc(F)cc1C(N)=O. The van der Waals surface area contributed by atoms with Crippen molar-refractivity contribution >= 4 is 21.8 Å². The zero-order chi connectivity index (χ0) is 10.0. The van der Waals surface area contributed by atoms with E-state index in [4.69, 9.17) is 10.5 Å². The van der Waals surface area contributed by atoms with Crippen LogP contribution in [0.25, 0.3) is 0 Å². The highest BCUT2D eigenvalue weighted by Crippen LogP contribution is 2.29. The lowest BCUT2D eigenvalue weighted by Crippen LogP contribution is -2.13. The molecule has 13 heavy (non-hydrogen) atoms. The Morgan fingerprint density at radius 3 is 2.69 bits per heavy atom. The molecule has 70 valence electrons. The summed E-state index contributed by atoms with van der Waals surface area (Å²) in [6.07, 6.45) is 0. The standard InChI is InChI=1S/C8H7BrFNO2/c1-13-7-5(8(11)12)2-4(10)3-6(7)9/h2-3H,1H3,(H2,11,12). The molecule has 2 N–H and O–H groups in total. The molecule has 1 aromatic rings. The van der Waals surface area contributed by atoms with Crippen LogP contribution in [-0.4, -0.2) is 13.0 Å². The summed E-state index contributed by atoms with van der Waals surface area (Å²) in [7, 11) is 1.38. The Kier molecular flexibility index (Phi) is 2.87. The number of nitrogens with two attached hydrogens (primary N) is 1. The number of hydrogen-bond acceptors (Lipinski definition) is 2. The number of ether oxygens (including phenoxy) is 1. The van der Waals surface area contributed by atoms with E-state index in [0.29, 0.717) is 4.47 Å². The van der Waals surface area contributed by atoms with Crippen molar-refractivity contribution in [2.75, 3.05) is 7.11 Å². The third kappa shape index (κ3) is 1.98. The summed E-state index contributed by atoms with van der Waals surface area (Å²) in [6.45, 7) is 0. The van der Waals surface area contributed by atoms with E-state index in [-0.39, 0.29) is 11.3 Å². The van der Waals surface area contributed by atoms with Crippen molar-refractivity contribution in [1.29, 1.82) is 0 Å². The van der Waals surface area contributed by atoms with Crippen LogP contribution in [-0.2, 0) is 0 Å². The fourth-order valence-electron chi connectivity index (χ4n) is 0.951. The molecule has 0 aromatic heterocycles. The quantitative estimate of drug-likeness (QED) is 0.865. The van der Waals surface area contributed by atoms with Crippen LogP contribution in [0.3, 0.4) is 0 Å². The lowest BCUT2D eigenvalue weighted by molar-refractivity contribution is 0.0997. The largest absolute Gasteiger partial charge is 0.495 e. The van der Waals surface area contributed by atoms with Crippen molar-refractivity contribution in [3.63, 3.8) is 0 Å². The van der Waals surface area contributed by atoms with E-state index in [2.05, 4.69) is 15.9 Å². The van der Waals surface area contributed by atoms with Gasteiger partial charge in [0, 0.05) is 0 Å². The summed E-state index contributed by atoms with van der Waals surface area (Å²) in [4.78, 5) is 10.8. The first-order valence-electron chi connectivity index (χ1n) is 3.39. The predicted octanol–water partition coefficient (Wildman–Crippen LogP) is 1.70.